The van der Waals surface area contributed by atoms with Gasteiger partial charge in [0, 0.05) is 39.6 Å². The van der Waals surface area contributed by atoms with Gasteiger partial charge in [0.25, 0.3) is 0 Å². The number of ether oxygens (including phenoxy) is 1. The lowest BCUT2D eigenvalue weighted by atomic mass is 9.92. The zero-order valence-electron chi connectivity index (χ0n) is 19.5. The van der Waals surface area contributed by atoms with Crippen LogP contribution in [0.1, 0.15) is 30.5 Å². The number of hydrogen-bond acceptors (Lipinski definition) is 5. The predicted molar refractivity (Wildman–Crippen MR) is 119 cm³/mol. The molecule has 0 unspecified atom stereocenters. The summed E-state index contributed by atoms with van der Waals surface area (Å²) in [6, 6.07) is 5.59. The van der Waals surface area contributed by atoms with Gasteiger partial charge in [-0.15, -0.1) is 13.2 Å². The molecule has 2 saturated heterocycles. The molecule has 2 aliphatic rings. The van der Waals surface area contributed by atoms with Gasteiger partial charge in [-0.2, -0.15) is 15.4 Å². The Morgan fingerprint density at radius 1 is 1.11 bits per heavy atom. The van der Waals surface area contributed by atoms with Crippen LogP contribution in [0.4, 0.5) is 18.0 Å². The van der Waals surface area contributed by atoms with Crippen LogP contribution in [-0.2, 0) is 17.8 Å². The summed E-state index contributed by atoms with van der Waals surface area (Å²) in [6.45, 7) is 3.05. The van der Waals surface area contributed by atoms with E-state index in [1.54, 1.807) is 30.3 Å². The highest BCUT2D eigenvalue weighted by atomic mass is 19.4. The third kappa shape index (κ3) is 6.64. The summed E-state index contributed by atoms with van der Waals surface area (Å²) in [6.07, 6.45) is -0.685. The van der Waals surface area contributed by atoms with Gasteiger partial charge < -0.3 is 19.4 Å². The van der Waals surface area contributed by atoms with Crippen LogP contribution in [0.25, 0.3) is 0 Å². The number of rotatable bonds is 6. The van der Waals surface area contributed by atoms with Crippen molar-refractivity contribution in [2.45, 2.75) is 38.6 Å². The number of aryl methyl sites for hydroxylation is 1. The standard InChI is InChI=1S/C23H29F3N6O3/c1-30(15-19-12-27-29-28-19)22(34)32-13-17-8-10-31(11-9-18(17)14-32)21(33)7-4-16-2-5-20(6-3-16)35-23(24,25)26/h2-3,5-6,12,17-18H,4,7-11,13-15H2,1H3,(H,27,28,29)/t17-,18+. The number of fused-ring (bicyclic) bond motifs is 1. The lowest BCUT2D eigenvalue weighted by Crippen LogP contribution is -2.40. The molecule has 0 radical (unpaired) electrons. The maximum atomic E-state index is 12.8. The van der Waals surface area contributed by atoms with E-state index in [0.29, 0.717) is 63.1 Å². The predicted octanol–water partition coefficient (Wildman–Crippen LogP) is 3.06. The van der Waals surface area contributed by atoms with Gasteiger partial charge in [0.1, 0.15) is 11.4 Å². The third-order valence-corrected chi connectivity index (χ3v) is 6.71. The number of nitrogens with one attached hydrogen (secondary N) is 1. The minimum atomic E-state index is -4.72. The first-order chi connectivity index (χ1) is 16.7. The number of amides is 3. The second kappa shape index (κ2) is 10.5. The van der Waals surface area contributed by atoms with E-state index in [9.17, 15) is 22.8 Å². The number of nitrogens with zero attached hydrogens (tertiary/aromatic N) is 5. The summed E-state index contributed by atoms with van der Waals surface area (Å²) < 4.78 is 40.7. The smallest absolute Gasteiger partial charge is 0.406 e. The second-order valence-electron chi connectivity index (χ2n) is 9.18. The first kappa shape index (κ1) is 24.8. The molecule has 12 heteroatoms. The Bertz CT molecular complexity index is 983. The molecule has 4 rings (SSSR count). The van der Waals surface area contributed by atoms with E-state index in [1.807, 2.05) is 9.80 Å². The number of halogens is 3. The summed E-state index contributed by atoms with van der Waals surface area (Å²) in [5.41, 5.74) is 1.48. The van der Waals surface area contributed by atoms with Crippen LogP contribution in [0.2, 0.25) is 0 Å². The van der Waals surface area contributed by atoms with Crippen LogP contribution < -0.4 is 4.74 Å². The van der Waals surface area contributed by atoms with Gasteiger partial charge >= 0.3 is 12.4 Å². The molecule has 2 aliphatic heterocycles. The van der Waals surface area contributed by atoms with Gasteiger partial charge in [-0.05, 0) is 48.8 Å². The molecule has 0 spiro atoms. The first-order valence-electron chi connectivity index (χ1n) is 11.6. The molecule has 3 heterocycles. The molecular weight excluding hydrogens is 465 g/mol. The van der Waals surface area contributed by atoms with Crippen molar-refractivity contribution in [1.29, 1.82) is 0 Å². The molecule has 2 fully saturated rings. The van der Waals surface area contributed by atoms with E-state index in [0.717, 1.165) is 18.4 Å². The van der Waals surface area contributed by atoms with Crippen LogP contribution >= 0.6 is 0 Å². The number of carbonyl (C=O) groups excluding carboxylic acids is 2. The molecule has 0 bridgehead atoms. The molecule has 0 aliphatic carbocycles. The van der Waals surface area contributed by atoms with E-state index < -0.39 is 6.36 Å². The Kier molecular flexibility index (Phi) is 7.46. The number of hydrogen-bond donors (Lipinski definition) is 1. The van der Waals surface area contributed by atoms with Gasteiger partial charge in [-0.1, -0.05) is 12.1 Å². The van der Waals surface area contributed by atoms with Gasteiger partial charge in [-0.25, -0.2) is 4.79 Å². The zero-order chi connectivity index (χ0) is 25.0. The van der Waals surface area contributed by atoms with Crippen molar-refractivity contribution in [3.05, 3.63) is 41.7 Å². The van der Waals surface area contributed by atoms with Crippen molar-refractivity contribution in [2.24, 2.45) is 11.8 Å². The van der Waals surface area contributed by atoms with Crippen molar-refractivity contribution in [2.75, 3.05) is 33.2 Å². The number of benzene rings is 1. The number of carbonyl (C=O) groups is 2. The summed E-state index contributed by atoms with van der Waals surface area (Å²) in [5.74, 6) is 0.487. The fourth-order valence-corrected chi connectivity index (χ4v) is 4.87. The van der Waals surface area contributed by atoms with Gasteiger partial charge in [0.2, 0.25) is 5.91 Å². The van der Waals surface area contributed by atoms with Crippen molar-refractivity contribution in [1.82, 2.24) is 30.1 Å². The maximum Gasteiger partial charge on any atom is 0.573 e. The van der Waals surface area contributed by atoms with E-state index in [-0.39, 0.29) is 17.7 Å². The van der Waals surface area contributed by atoms with Crippen molar-refractivity contribution < 1.29 is 27.5 Å². The normalized spacial score (nSPS) is 20.3. The number of aromatic nitrogens is 3. The van der Waals surface area contributed by atoms with Crippen LogP contribution in [0.5, 0.6) is 5.75 Å². The molecule has 2 atom stereocenters. The Morgan fingerprint density at radius 3 is 2.34 bits per heavy atom. The number of alkyl halides is 3. The summed E-state index contributed by atoms with van der Waals surface area (Å²) >= 11 is 0. The first-order valence-corrected chi connectivity index (χ1v) is 11.6. The fraction of sp³-hybridized carbons (Fsp3) is 0.565. The molecule has 1 N–H and O–H groups in total. The van der Waals surface area contributed by atoms with E-state index in [2.05, 4.69) is 20.1 Å². The molecule has 3 amide bonds. The quantitative estimate of drug-likeness (QED) is 0.666. The van der Waals surface area contributed by atoms with E-state index >= 15 is 0 Å². The number of H-pyrrole nitrogens is 1. The highest BCUT2D eigenvalue weighted by Gasteiger charge is 2.38. The number of aromatic amines is 1. The van der Waals surface area contributed by atoms with Crippen molar-refractivity contribution in [3.8, 4) is 5.75 Å². The number of urea groups is 1. The van der Waals surface area contributed by atoms with Gasteiger partial charge in [-0.3, -0.25) is 4.79 Å². The summed E-state index contributed by atoms with van der Waals surface area (Å²) in [5, 5.41) is 10.3. The molecule has 1 aromatic carbocycles. The average Bonchev–Trinajstić information content (AvgIpc) is 3.42. The van der Waals surface area contributed by atoms with Crippen LogP contribution in [-0.4, -0.2) is 81.6 Å². The van der Waals surface area contributed by atoms with Crippen molar-refractivity contribution >= 4 is 11.9 Å². The molecule has 1 aromatic heterocycles. The summed E-state index contributed by atoms with van der Waals surface area (Å²) in [4.78, 5) is 31.0. The average molecular weight is 495 g/mol. The highest BCUT2D eigenvalue weighted by molar-refractivity contribution is 5.76. The van der Waals surface area contributed by atoms with Crippen LogP contribution in [0.3, 0.4) is 0 Å². The minimum Gasteiger partial charge on any atom is -0.406 e. The highest BCUT2D eigenvalue weighted by Crippen LogP contribution is 2.32. The Hall–Kier alpha value is -3.31. The van der Waals surface area contributed by atoms with Gasteiger partial charge in [0.15, 0.2) is 0 Å². The second-order valence-corrected chi connectivity index (χ2v) is 9.18. The van der Waals surface area contributed by atoms with Crippen molar-refractivity contribution in [3.63, 3.8) is 0 Å². The topological polar surface area (TPSA) is 94.7 Å². The lowest BCUT2D eigenvalue weighted by molar-refractivity contribution is -0.274. The van der Waals surface area contributed by atoms with Crippen LogP contribution in [0, 0.1) is 11.8 Å². The molecule has 190 valence electrons. The third-order valence-electron chi connectivity index (χ3n) is 6.71. The fourth-order valence-electron chi connectivity index (χ4n) is 4.87. The maximum absolute atomic E-state index is 12.8. The van der Waals surface area contributed by atoms with Crippen LogP contribution in [0.15, 0.2) is 30.5 Å². The molecule has 9 nitrogen and oxygen atoms in total. The SMILES string of the molecule is CN(Cc1cn[nH]n1)C(=O)N1C[C@H]2CCN(C(=O)CCc3ccc(OC(F)(F)F)cc3)CC[C@H]2C1. The van der Waals surface area contributed by atoms with E-state index in [1.165, 1.54) is 12.1 Å². The Balaban J connectivity index is 1.22. The molecule has 0 saturated carbocycles. The van der Waals surface area contributed by atoms with E-state index in [4.69, 9.17) is 0 Å². The summed E-state index contributed by atoms with van der Waals surface area (Å²) in [7, 11) is 1.75. The zero-order valence-corrected chi connectivity index (χ0v) is 19.5. The minimum absolute atomic E-state index is 0.0272. The lowest BCUT2D eigenvalue weighted by Gasteiger charge is -2.25. The Labute approximate surface area is 201 Å². The molecule has 35 heavy (non-hydrogen) atoms. The Morgan fingerprint density at radius 2 is 1.77 bits per heavy atom. The molecule has 2 aromatic rings. The monoisotopic (exact) mass is 494 g/mol. The molecular formula is C23H29F3N6O3. The largest absolute Gasteiger partial charge is 0.573 e. The van der Waals surface area contributed by atoms with Gasteiger partial charge in [0.05, 0.1) is 12.7 Å². The number of likely N-dealkylation sites (tertiary alicyclic amines) is 2.